The van der Waals surface area contributed by atoms with Crippen molar-refractivity contribution in [2.75, 3.05) is 5.32 Å². The fourth-order valence-electron chi connectivity index (χ4n) is 1.75. The molecule has 1 N–H and O–H groups in total. The van der Waals surface area contributed by atoms with Crippen LogP contribution in [0.25, 0.3) is 0 Å². The molecule has 0 fully saturated rings. The van der Waals surface area contributed by atoms with Gasteiger partial charge in [-0.2, -0.15) is 0 Å². The van der Waals surface area contributed by atoms with Gasteiger partial charge in [0, 0.05) is 6.07 Å². The van der Waals surface area contributed by atoms with E-state index in [1.807, 2.05) is 0 Å². The first kappa shape index (κ1) is 16.2. The van der Waals surface area contributed by atoms with Crippen molar-refractivity contribution < 1.29 is 22.1 Å². The molecule has 8 heteroatoms. The van der Waals surface area contributed by atoms with Crippen molar-refractivity contribution >= 4 is 21.6 Å². The summed E-state index contributed by atoms with van der Waals surface area (Å²) in [6.45, 7) is 2.94. The Kier molecular flexibility index (Phi) is 4.60. The van der Waals surface area contributed by atoms with Gasteiger partial charge in [-0.25, -0.2) is 12.8 Å². The minimum Gasteiger partial charge on any atom is -0.360 e. The highest BCUT2D eigenvalue weighted by molar-refractivity contribution is 7.92. The maximum atomic E-state index is 12.8. The molecule has 0 bridgehead atoms. The van der Waals surface area contributed by atoms with Gasteiger partial charge >= 0.3 is 0 Å². The quantitative estimate of drug-likeness (QED) is 0.908. The number of nitrogens with zero attached hydrogens (tertiary/aromatic N) is 1. The van der Waals surface area contributed by atoms with Crippen LogP contribution in [0, 0.1) is 12.7 Å². The molecule has 0 aliphatic rings. The second kappa shape index (κ2) is 6.27. The van der Waals surface area contributed by atoms with Crippen LogP contribution in [0.5, 0.6) is 0 Å². The topological polar surface area (TPSA) is 89.3 Å². The van der Waals surface area contributed by atoms with Gasteiger partial charge < -0.3 is 9.84 Å². The van der Waals surface area contributed by atoms with Crippen molar-refractivity contribution in [2.45, 2.75) is 24.9 Å². The molecule has 0 aliphatic heterocycles. The molecule has 1 amide bonds. The zero-order valence-electron chi connectivity index (χ0n) is 12.0. The first-order valence-electron chi connectivity index (χ1n) is 6.48. The Morgan fingerprint density at radius 3 is 2.55 bits per heavy atom. The minimum absolute atomic E-state index is 0.159. The van der Waals surface area contributed by atoms with E-state index in [4.69, 9.17) is 4.52 Å². The lowest BCUT2D eigenvalue weighted by atomic mass is 10.2. The Labute approximate surface area is 127 Å². The third-order valence-corrected chi connectivity index (χ3v) is 5.10. The van der Waals surface area contributed by atoms with Gasteiger partial charge in [-0.1, -0.05) is 17.3 Å². The Morgan fingerprint density at radius 2 is 2.00 bits per heavy atom. The second-order valence-electron chi connectivity index (χ2n) is 4.89. The number of amides is 1. The number of anilines is 1. The average Bonchev–Trinajstić information content (AvgIpc) is 2.85. The van der Waals surface area contributed by atoms with Crippen molar-refractivity contribution in [3.63, 3.8) is 0 Å². The van der Waals surface area contributed by atoms with E-state index in [1.165, 1.54) is 37.3 Å². The van der Waals surface area contributed by atoms with E-state index in [0.717, 1.165) is 0 Å². The summed E-state index contributed by atoms with van der Waals surface area (Å²) in [5.41, 5.74) is 0.415. The number of halogens is 1. The van der Waals surface area contributed by atoms with Crippen LogP contribution in [0.3, 0.4) is 0 Å². The largest absolute Gasteiger partial charge is 0.360 e. The smallest absolute Gasteiger partial charge is 0.243 e. The molecule has 1 unspecified atom stereocenters. The highest BCUT2D eigenvalue weighted by Crippen LogP contribution is 2.14. The van der Waals surface area contributed by atoms with Gasteiger partial charge in [0.1, 0.15) is 16.8 Å². The van der Waals surface area contributed by atoms with Crippen molar-refractivity contribution in [3.05, 3.63) is 47.5 Å². The van der Waals surface area contributed by atoms with Crippen LogP contribution >= 0.6 is 0 Å². The highest BCUT2D eigenvalue weighted by atomic mass is 32.2. The summed E-state index contributed by atoms with van der Waals surface area (Å²) < 4.78 is 42.1. The number of benzene rings is 1. The number of hydrogen-bond donors (Lipinski definition) is 1. The third kappa shape index (κ3) is 3.91. The Bertz CT molecular complexity index is 768. The van der Waals surface area contributed by atoms with E-state index in [9.17, 15) is 17.6 Å². The van der Waals surface area contributed by atoms with Crippen LogP contribution in [0.4, 0.5) is 10.2 Å². The minimum atomic E-state index is -3.73. The molecule has 1 heterocycles. The second-order valence-corrected chi connectivity index (χ2v) is 7.21. The monoisotopic (exact) mass is 326 g/mol. The van der Waals surface area contributed by atoms with Gasteiger partial charge in [0.2, 0.25) is 5.91 Å². The van der Waals surface area contributed by atoms with E-state index >= 15 is 0 Å². The summed E-state index contributed by atoms with van der Waals surface area (Å²) in [6.07, 6.45) is 0. The lowest BCUT2D eigenvalue weighted by molar-refractivity contribution is -0.115. The maximum Gasteiger partial charge on any atom is 0.243 e. The zero-order valence-corrected chi connectivity index (χ0v) is 12.9. The summed E-state index contributed by atoms with van der Waals surface area (Å²) in [5, 5.41) is 4.68. The molecule has 22 heavy (non-hydrogen) atoms. The Morgan fingerprint density at radius 1 is 1.36 bits per heavy atom. The number of carbonyl (C=O) groups is 1. The van der Waals surface area contributed by atoms with E-state index < -0.39 is 26.8 Å². The number of aryl methyl sites for hydroxylation is 1. The van der Waals surface area contributed by atoms with Crippen molar-refractivity contribution in [1.82, 2.24) is 5.16 Å². The average molecular weight is 326 g/mol. The highest BCUT2D eigenvalue weighted by Gasteiger charge is 2.28. The molecule has 0 spiro atoms. The van der Waals surface area contributed by atoms with Crippen molar-refractivity contribution in [1.29, 1.82) is 0 Å². The molecule has 0 radical (unpaired) electrons. The van der Waals surface area contributed by atoms with Gasteiger partial charge in [-0.05, 0) is 31.5 Å². The van der Waals surface area contributed by atoms with Crippen molar-refractivity contribution in [3.8, 4) is 0 Å². The van der Waals surface area contributed by atoms with Gasteiger partial charge in [-0.3, -0.25) is 4.79 Å². The van der Waals surface area contributed by atoms with Crippen LogP contribution in [-0.2, 0) is 20.4 Å². The summed E-state index contributed by atoms with van der Waals surface area (Å²) in [7, 11) is -3.73. The molecular formula is C14H15FN2O4S. The van der Waals surface area contributed by atoms with Crippen molar-refractivity contribution in [2.24, 2.45) is 0 Å². The standard InChI is InChI=1S/C14H15FN2O4S/c1-9-7-13(17-21-9)16-14(18)10(2)22(19,20)8-11-3-5-12(15)6-4-11/h3-7,10H,8H2,1-2H3,(H,16,17,18). The van der Waals surface area contributed by atoms with Crippen LogP contribution in [-0.4, -0.2) is 24.7 Å². The Hall–Kier alpha value is -2.22. The fraction of sp³-hybridized carbons (Fsp3) is 0.286. The normalized spacial score (nSPS) is 12.9. The van der Waals surface area contributed by atoms with E-state index in [1.54, 1.807) is 6.92 Å². The summed E-state index contributed by atoms with van der Waals surface area (Å²) in [5.74, 6) is -0.841. The third-order valence-electron chi connectivity index (χ3n) is 3.07. The number of hydrogen-bond acceptors (Lipinski definition) is 5. The van der Waals surface area contributed by atoms with Gasteiger partial charge in [0.05, 0.1) is 5.75 Å². The molecule has 118 valence electrons. The fourth-order valence-corrected chi connectivity index (χ4v) is 3.05. The number of sulfone groups is 1. The molecule has 1 aromatic heterocycles. The van der Waals surface area contributed by atoms with Gasteiger partial charge in [-0.15, -0.1) is 0 Å². The molecule has 0 saturated heterocycles. The lowest BCUT2D eigenvalue weighted by Crippen LogP contribution is -2.33. The zero-order chi connectivity index (χ0) is 16.3. The van der Waals surface area contributed by atoms with Crippen LogP contribution in [0.15, 0.2) is 34.9 Å². The summed E-state index contributed by atoms with van der Waals surface area (Å²) >= 11 is 0. The number of rotatable bonds is 5. The van der Waals surface area contributed by atoms with Crippen LogP contribution < -0.4 is 5.32 Å². The Balaban J connectivity index is 2.07. The number of nitrogens with one attached hydrogen (secondary N) is 1. The van der Waals surface area contributed by atoms with Crippen LogP contribution in [0.1, 0.15) is 18.2 Å². The number of aromatic nitrogens is 1. The van der Waals surface area contributed by atoms with Gasteiger partial charge in [0.25, 0.3) is 0 Å². The molecule has 1 atom stereocenters. The first-order valence-corrected chi connectivity index (χ1v) is 8.19. The number of carbonyl (C=O) groups excluding carboxylic acids is 1. The van der Waals surface area contributed by atoms with Gasteiger partial charge in [0.15, 0.2) is 15.7 Å². The SMILES string of the molecule is Cc1cc(NC(=O)C(C)S(=O)(=O)Cc2ccc(F)cc2)no1. The van der Waals surface area contributed by atoms with E-state index in [2.05, 4.69) is 10.5 Å². The summed E-state index contributed by atoms with van der Waals surface area (Å²) in [6, 6.07) is 6.58. The predicted octanol–water partition coefficient (Wildman–Crippen LogP) is 2.06. The predicted molar refractivity (Wildman–Crippen MR) is 78.4 cm³/mol. The first-order chi connectivity index (χ1) is 10.3. The maximum absolute atomic E-state index is 12.8. The lowest BCUT2D eigenvalue weighted by Gasteiger charge is -2.12. The molecule has 0 aliphatic carbocycles. The molecule has 2 aromatic rings. The molecule has 0 saturated carbocycles. The molecule has 2 rings (SSSR count). The molecular weight excluding hydrogens is 311 g/mol. The molecule has 6 nitrogen and oxygen atoms in total. The summed E-state index contributed by atoms with van der Waals surface area (Å²) in [4.78, 5) is 12.0. The van der Waals surface area contributed by atoms with Crippen LogP contribution in [0.2, 0.25) is 0 Å². The van der Waals surface area contributed by atoms with E-state index in [-0.39, 0.29) is 11.6 Å². The van der Waals surface area contributed by atoms with E-state index in [0.29, 0.717) is 11.3 Å². The molecule has 1 aromatic carbocycles.